The zero-order chi connectivity index (χ0) is 9.84. The number of hydrogen-bond donors (Lipinski definition) is 2. The van der Waals surface area contributed by atoms with Crippen LogP contribution in [0.2, 0.25) is 0 Å². The molecular formula is C7H12F2N2O2. The van der Waals surface area contributed by atoms with Crippen molar-refractivity contribution in [3.63, 3.8) is 0 Å². The highest BCUT2D eigenvalue weighted by Crippen LogP contribution is 2.11. The molecule has 1 amide bonds. The van der Waals surface area contributed by atoms with Gasteiger partial charge >= 0.3 is 0 Å². The lowest BCUT2D eigenvalue weighted by Gasteiger charge is -2.12. The van der Waals surface area contributed by atoms with Crippen LogP contribution in [0.3, 0.4) is 0 Å². The summed E-state index contributed by atoms with van der Waals surface area (Å²) in [7, 11) is 0. The Labute approximate surface area is 74.4 Å². The molecule has 6 heteroatoms. The summed E-state index contributed by atoms with van der Waals surface area (Å²) >= 11 is 0. The van der Waals surface area contributed by atoms with Gasteiger partial charge in [-0.2, -0.15) is 0 Å². The summed E-state index contributed by atoms with van der Waals surface area (Å²) < 4.78 is 28.3. The molecule has 3 N–H and O–H groups in total. The van der Waals surface area contributed by atoms with Gasteiger partial charge < -0.3 is 15.8 Å². The van der Waals surface area contributed by atoms with E-state index in [4.69, 9.17) is 10.5 Å². The van der Waals surface area contributed by atoms with E-state index >= 15 is 0 Å². The lowest BCUT2D eigenvalue weighted by atomic mass is 10.0. The van der Waals surface area contributed by atoms with Crippen molar-refractivity contribution in [1.82, 2.24) is 5.32 Å². The number of ether oxygens (including phenoxy) is 1. The van der Waals surface area contributed by atoms with Crippen molar-refractivity contribution in [1.29, 1.82) is 0 Å². The molecule has 0 spiro atoms. The Morgan fingerprint density at radius 1 is 1.62 bits per heavy atom. The van der Waals surface area contributed by atoms with Crippen LogP contribution in [0.1, 0.15) is 0 Å². The fourth-order valence-electron chi connectivity index (χ4n) is 1.15. The first-order valence-corrected chi connectivity index (χ1v) is 4.00. The van der Waals surface area contributed by atoms with E-state index < -0.39 is 24.8 Å². The van der Waals surface area contributed by atoms with E-state index in [-0.39, 0.29) is 12.6 Å². The van der Waals surface area contributed by atoms with Crippen LogP contribution in [0.15, 0.2) is 0 Å². The van der Waals surface area contributed by atoms with Crippen molar-refractivity contribution in [3.8, 4) is 0 Å². The third kappa shape index (κ3) is 2.89. The van der Waals surface area contributed by atoms with Gasteiger partial charge in [0.1, 0.15) is 0 Å². The molecule has 0 aliphatic carbocycles. The third-order valence-corrected chi connectivity index (χ3v) is 1.89. The number of alkyl halides is 2. The minimum Gasteiger partial charge on any atom is -0.379 e. The average molecular weight is 194 g/mol. The smallest absolute Gasteiger partial charge is 0.255 e. The summed E-state index contributed by atoms with van der Waals surface area (Å²) in [5.74, 6) is -0.941. The number of amides is 1. The fourth-order valence-corrected chi connectivity index (χ4v) is 1.15. The highest BCUT2D eigenvalue weighted by molar-refractivity contribution is 5.79. The van der Waals surface area contributed by atoms with E-state index in [2.05, 4.69) is 5.32 Å². The van der Waals surface area contributed by atoms with Crippen LogP contribution >= 0.6 is 0 Å². The highest BCUT2D eigenvalue weighted by Gasteiger charge is 2.31. The van der Waals surface area contributed by atoms with Gasteiger partial charge in [0.2, 0.25) is 5.91 Å². The van der Waals surface area contributed by atoms with E-state index in [0.717, 1.165) is 0 Å². The second-order valence-electron chi connectivity index (χ2n) is 2.94. The SMILES string of the molecule is NC1COCC1C(=O)NCC(F)F. The number of carbonyl (C=O) groups is 1. The maximum absolute atomic E-state index is 11.7. The summed E-state index contributed by atoms with van der Waals surface area (Å²) in [5, 5.41) is 2.11. The maximum Gasteiger partial charge on any atom is 0.255 e. The Balaban J connectivity index is 2.30. The van der Waals surface area contributed by atoms with E-state index in [0.29, 0.717) is 6.61 Å². The number of nitrogens with one attached hydrogen (secondary N) is 1. The van der Waals surface area contributed by atoms with Crippen molar-refractivity contribution in [2.75, 3.05) is 19.8 Å². The van der Waals surface area contributed by atoms with E-state index in [1.807, 2.05) is 0 Å². The van der Waals surface area contributed by atoms with E-state index in [1.54, 1.807) is 0 Å². The summed E-state index contributed by atoms with van der Waals surface area (Å²) in [5.41, 5.74) is 5.51. The number of nitrogens with two attached hydrogens (primary N) is 1. The lowest BCUT2D eigenvalue weighted by molar-refractivity contribution is -0.125. The molecule has 1 aliphatic rings. The normalized spacial score (nSPS) is 28.0. The monoisotopic (exact) mass is 194 g/mol. The van der Waals surface area contributed by atoms with Gasteiger partial charge in [0.05, 0.1) is 25.7 Å². The highest BCUT2D eigenvalue weighted by atomic mass is 19.3. The second kappa shape index (κ2) is 4.48. The molecule has 4 nitrogen and oxygen atoms in total. The third-order valence-electron chi connectivity index (χ3n) is 1.89. The van der Waals surface area contributed by atoms with Crippen LogP contribution in [-0.4, -0.2) is 38.1 Å². The topological polar surface area (TPSA) is 64.3 Å². The van der Waals surface area contributed by atoms with Gasteiger partial charge in [-0.1, -0.05) is 0 Å². The molecule has 0 aromatic carbocycles. The molecule has 1 heterocycles. The molecule has 1 rings (SSSR count). The summed E-state index contributed by atoms with van der Waals surface area (Å²) in [6.45, 7) is -0.0922. The van der Waals surface area contributed by atoms with Gasteiger partial charge in [-0.05, 0) is 0 Å². The molecule has 76 valence electrons. The quantitative estimate of drug-likeness (QED) is 0.627. The average Bonchev–Trinajstić information content (AvgIpc) is 2.47. The number of hydrogen-bond acceptors (Lipinski definition) is 3. The summed E-state index contributed by atoms with van der Waals surface area (Å²) in [6.07, 6.45) is -2.53. The Bertz CT molecular complexity index is 189. The predicted octanol–water partition coefficient (Wildman–Crippen LogP) is -0.659. The zero-order valence-corrected chi connectivity index (χ0v) is 7.00. The van der Waals surface area contributed by atoms with Crippen LogP contribution in [-0.2, 0) is 9.53 Å². The van der Waals surface area contributed by atoms with Crippen molar-refractivity contribution in [2.45, 2.75) is 12.5 Å². The minimum absolute atomic E-state index is 0.218. The first-order chi connectivity index (χ1) is 6.11. The van der Waals surface area contributed by atoms with Crippen LogP contribution in [0.4, 0.5) is 8.78 Å². The molecule has 2 unspecified atom stereocenters. The van der Waals surface area contributed by atoms with Crippen LogP contribution in [0.25, 0.3) is 0 Å². The van der Waals surface area contributed by atoms with Crippen molar-refractivity contribution in [2.24, 2.45) is 11.7 Å². The first-order valence-electron chi connectivity index (χ1n) is 4.00. The molecule has 0 saturated carbocycles. The maximum atomic E-state index is 11.7. The zero-order valence-electron chi connectivity index (χ0n) is 7.00. The van der Waals surface area contributed by atoms with Crippen molar-refractivity contribution >= 4 is 5.91 Å². The molecule has 0 aromatic heterocycles. The van der Waals surface area contributed by atoms with Gasteiger partial charge in [-0.3, -0.25) is 4.79 Å². The van der Waals surface area contributed by atoms with Crippen molar-refractivity contribution < 1.29 is 18.3 Å². The largest absolute Gasteiger partial charge is 0.379 e. The molecular weight excluding hydrogens is 182 g/mol. The minimum atomic E-state index is -2.53. The summed E-state index contributed by atoms with van der Waals surface area (Å²) in [4.78, 5) is 11.2. The van der Waals surface area contributed by atoms with E-state index in [1.165, 1.54) is 0 Å². The van der Waals surface area contributed by atoms with Crippen LogP contribution in [0.5, 0.6) is 0 Å². The van der Waals surface area contributed by atoms with Gasteiger partial charge in [0.25, 0.3) is 6.43 Å². The van der Waals surface area contributed by atoms with Gasteiger partial charge in [-0.15, -0.1) is 0 Å². The summed E-state index contributed by atoms with van der Waals surface area (Å²) in [6, 6.07) is -0.377. The Hall–Kier alpha value is -0.750. The van der Waals surface area contributed by atoms with Gasteiger partial charge in [-0.25, -0.2) is 8.78 Å². The van der Waals surface area contributed by atoms with Gasteiger partial charge in [0.15, 0.2) is 0 Å². The Morgan fingerprint density at radius 3 is 2.77 bits per heavy atom. The standard InChI is InChI=1S/C7H12F2N2O2/c8-6(9)1-11-7(12)4-2-13-3-5(4)10/h4-6H,1-3,10H2,(H,11,12). The Kier molecular flexibility index (Phi) is 3.56. The molecule has 0 radical (unpaired) electrons. The van der Waals surface area contributed by atoms with Gasteiger partial charge in [0, 0.05) is 6.04 Å². The Morgan fingerprint density at radius 2 is 2.31 bits per heavy atom. The van der Waals surface area contributed by atoms with Crippen LogP contribution < -0.4 is 11.1 Å². The molecule has 0 aromatic rings. The number of rotatable bonds is 3. The molecule has 0 bridgehead atoms. The molecule has 1 saturated heterocycles. The van der Waals surface area contributed by atoms with Crippen molar-refractivity contribution in [3.05, 3.63) is 0 Å². The molecule has 1 aliphatic heterocycles. The second-order valence-corrected chi connectivity index (χ2v) is 2.94. The van der Waals surface area contributed by atoms with Crippen LogP contribution in [0, 0.1) is 5.92 Å². The number of halogens is 2. The predicted molar refractivity (Wildman–Crippen MR) is 41.3 cm³/mol. The molecule has 1 fully saturated rings. The number of carbonyl (C=O) groups excluding carboxylic acids is 1. The van der Waals surface area contributed by atoms with E-state index in [9.17, 15) is 13.6 Å². The fraction of sp³-hybridized carbons (Fsp3) is 0.857. The first kappa shape index (κ1) is 10.3. The molecule has 2 atom stereocenters. The molecule has 13 heavy (non-hydrogen) atoms. The lowest BCUT2D eigenvalue weighted by Crippen LogP contribution is -2.42.